The second kappa shape index (κ2) is 6.78. The van der Waals surface area contributed by atoms with E-state index < -0.39 is 0 Å². The summed E-state index contributed by atoms with van der Waals surface area (Å²) in [4.78, 5) is 4.37. The maximum absolute atomic E-state index is 6.05. The Kier molecular flexibility index (Phi) is 4.36. The summed E-state index contributed by atoms with van der Waals surface area (Å²) in [7, 11) is 0. The second-order valence-electron chi connectivity index (χ2n) is 4.42. The molecule has 0 fully saturated rings. The number of hydrazone groups is 1. The van der Waals surface area contributed by atoms with E-state index in [9.17, 15) is 0 Å². The molecule has 5 nitrogen and oxygen atoms in total. The monoisotopic (exact) mass is 309 g/mol. The van der Waals surface area contributed by atoms with Gasteiger partial charge in [-0.05, 0) is 6.07 Å². The normalized spacial score (nSPS) is 10.8. The van der Waals surface area contributed by atoms with E-state index in [0.717, 1.165) is 16.8 Å². The van der Waals surface area contributed by atoms with Gasteiger partial charge in [-0.2, -0.15) is 10.2 Å². The molecule has 0 radical (unpaired) electrons. The number of hydrogen-bond donors (Lipinski definition) is 1. The molecule has 0 unspecified atom stereocenters. The zero-order chi connectivity index (χ0) is 15.2. The fourth-order valence-corrected chi connectivity index (χ4v) is 2.02. The van der Waals surface area contributed by atoms with E-state index in [4.69, 9.17) is 11.6 Å². The minimum atomic E-state index is 0.324. The molecule has 3 aromatic rings. The SMILES string of the molecule is Clc1ccccc1/C=N\Nc1nncc(-c2ccccc2)n1. The topological polar surface area (TPSA) is 63.1 Å². The minimum Gasteiger partial charge on any atom is -0.244 e. The summed E-state index contributed by atoms with van der Waals surface area (Å²) in [5.41, 5.74) is 5.26. The summed E-state index contributed by atoms with van der Waals surface area (Å²) < 4.78 is 0. The Morgan fingerprint density at radius 2 is 1.77 bits per heavy atom. The fraction of sp³-hybridized carbons (Fsp3) is 0. The molecule has 0 atom stereocenters. The molecule has 0 saturated heterocycles. The van der Waals surface area contributed by atoms with Gasteiger partial charge in [-0.15, -0.1) is 5.10 Å². The van der Waals surface area contributed by atoms with Gasteiger partial charge in [0.2, 0.25) is 0 Å². The standard InChI is InChI=1S/C16H12ClN5/c17-14-9-5-4-8-13(14)10-18-21-16-20-15(11-19-22-16)12-6-2-1-3-7-12/h1-11H,(H,20,21,22)/b18-10-. The Hall–Kier alpha value is -2.79. The summed E-state index contributed by atoms with van der Waals surface area (Å²) in [6, 6.07) is 17.2. The first-order valence-electron chi connectivity index (χ1n) is 6.62. The lowest BCUT2D eigenvalue weighted by Gasteiger charge is -2.02. The van der Waals surface area contributed by atoms with Crippen molar-refractivity contribution < 1.29 is 0 Å². The van der Waals surface area contributed by atoms with Crippen molar-refractivity contribution in [1.29, 1.82) is 0 Å². The Morgan fingerprint density at radius 1 is 1.00 bits per heavy atom. The maximum atomic E-state index is 6.05. The summed E-state index contributed by atoms with van der Waals surface area (Å²) >= 11 is 6.05. The van der Waals surface area contributed by atoms with Gasteiger partial charge in [0.05, 0.1) is 18.1 Å². The van der Waals surface area contributed by atoms with Crippen LogP contribution in [-0.4, -0.2) is 21.4 Å². The minimum absolute atomic E-state index is 0.324. The molecule has 6 heteroatoms. The van der Waals surface area contributed by atoms with Gasteiger partial charge in [-0.3, -0.25) is 0 Å². The average Bonchev–Trinajstić information content (AvgIpc) is 2.58. The van der Waals surface area contributed by atoms with Crippen LogP contribution in [0.15, 0.2) is 65.9 Å². The molecule has 22 heavy (non-hydrogen) atoms. The van der Waals surface area contributed by atoms with E-state index in [-0.39, 0.29) is 0 Å². The fourth-order valence-electron chi connectivity index (χ4n) is 1.84. The van der Waals surface area contributed by atoms with Crippen LogP contribution in [0.4, 0.5) is 5.95 Å². The Bertz CT molecular complexity index is 789. The van der Waals surface area contributed by atoms with Crippen molar-refractivity contribution in [2.24, 2.45) is 5.10 Å². The lowest BCUT2D eigenvalue weighted by Crippen LogP contribution is -2.00. The van der Waals surface area contributed by atoms with Crippen LogP contribution in [0.2, 0.25) is 5.02 Å². The third-order valence-corrected chi connectivity index (χ3v) is 3.25. The molecule has 0 amide bonds. The second-order valence-corrected chi connectivity index (χ2v) is 4.83. The number of hydrogen-bond acceptors (Lipinski definition) is 5. The lowest BCUT2D eigenvalue weighted by molar-refractivity contribution is 0.967. The highest BCUT2D eigenvalue weighted by Gasteiger charge is 2.02. The van der Waals surface area contributed by atoms with Crippen molar-refractivity contribution in [3.05, 3.63) is 71.4 Å². The Labute approximate surface area is 132 Å². The van der Waals surface area contributed by atoms with Gasteiger partial charge in [-0.1, -0.05) is 60.1 Å². The molecule has 3 rings (SSSR count). The predicted molar refractivity (Wildman–Crippen MR) is 87.9 cm³/mol. The molecule has 0 aliphatic heterocycles. The molecule has 108 valence electrons. The van der Waals surface area contributed by atoms with Gasteiger partial charge < -0.3 is 0 Å². The van der Waals surface area contributed by atoms with E-state index in [1.165, 1.54) is 0 Å². The third-order valence-electron chi connectivity index (χ3n) is 2.90. The first-order chi connectivity index (χ1) is 10.8. The van der Waals surface area contributed by atoms with E-state index in [1.54, 1.807) is 18.5 Å². The van der Waals surface area contributed by atoms with E-state index >= 15 is 0 Å². The molecule has 0 spiro atoms. The van der Waals surface area contributed by atoms with Crippen molar-refractivity contribution in [3.63, 3.8) is 0 Å². The molecule has 0 saturated carbocycles. The Balaban J connectivity index is 1.75. The highest BCUT2D eigenvalue weighted by atomic mass is 35.5. The molecule has 1 heterocycles. The summed E-state index contributed by atoms with van der Waals surface area (Å²) in [6.45, 7) is 0. The highest BCUT2D eigenvalue weighted by molar-refractivity contribution is 6.33. The average molecular weight is 310 g/mol. The van der Waals surface area contributed by atoms with Crippen LogP contribution >= 0.6 is 11.6 Å². The summed E-state index contributed by atoms with van der Waals surface area (Å²) in [6.07, 6.45) is 3.22. The van der Waals surface area contributed by atoms with Gasteiger partial charge in [0.25, 0.3) is 5.95 Å². The molecule has 0 bridgehead atoms. The predicted octanol–water partition coefficient (Wildman–Crippen LogP) is 3.64. The van der Waals surface area contributed by atoms with E-state index in [2.05, 4.69) is 25.7 Å². The van der Waals surface area contributed by atoms with Gasteiger partial charge in [-0.25, -0.2) is 10.4 Å². The molecule has 1 N–H and O–H groups in total. The van der Waals surface area contributed by atoms with Gasteiger partial charge >= 0.3 is 0 Å². The van der Waals surface area contributed by atoms with Crippen molar-refractivity contribution in [2.75, 3.05) is 5.43 Å². The number of benzene rings is 2. The Morgan fingerprint density at radius 3 is 2.59 bits per heavy atom. The van der Waals surface area contributed by atoms with Crippen LogP contribution in [0.5, 0.6) is 0 Å². The van der Waals surface area contributed by atoms with Crippen LogP contribution in [0.25, 0.3) is 11.3 Å². The third kappa shape index (κ3) is 3.45. The van der Waals surface area contributed by atoms with Gasteiger partial charge in [0.1, 0.15) is 0 Å². The van der Waals surface area contributed by atoms with Crippen LogP contribution in [0.1, 0.15) is 5.56 Å². The van der Waals surface area contributed by atoms with Crippen molar-refractivity contribution >= 4 is 23.8 Å². The lowest BCUT2D eigenvalue weighted by atomic mass is 10.2. The quantitative estimate of drug-likeness (QED) is 0.590. The number of halogens is 1. The smallest absolute Gasteiger partial charge is 0.244 e. The molecular weight excluding hydrogens is 298 g/mol. The first-order valence-corrected chi connectivity index (χ1v) is 6.99. The highest BCUT2D eigenvalue weighted by Crippen LogP contribution is 2.16. The van der Waals surface area contributed by atoms with Crippen molar-refractivity contribution in [2.45, 2.75) is 0 Å². The van der Waals surface area contributed by atoms with Crippen LogP contribution in [0.3, 0.4) is 0 Å². The maximum Gasteiger partial charge on any atom is 0.263 e. The molecule has 2 aromatic carbocycles. The number of nitrogens with one attached hydrogen (secondary N) is 1. The largest absolute Gasteiger partial charge is 0.263 e. The van der Waals surface area contributed by atoms with Crippen molar-refractivity contribution in [1.82, 2.24) is 15.2 Å². The number of nitrogens with zero attached hydrogens (tertiary/aromatic N) is 4. The molecule has 0 aliphatic rings. The zero-order valence-electron chi connectivity index (χ0n) is 11.5. The van der Waals surface area contributed by atoms with E-state index in [1.807, 2.05) is 48.5 Å². The van der Waals surface area contributed by atoms with E-state index in [0.29, 0.717) is 11.0 Å². The summed E-state index contributed by atoms with van der Waals surface area (Å²) in [5.74, 6) is 0.324. The molecule has 0 aliphatic carbocycles. The van der Waals surface area contributed by atoms with Gasteiger partial charge in [0, 0.05) is 16.1 Å². The number of rotatable bonds is 4. The molecular formula is C16H12ClN5. The zero-order valence-corrected chi connectivity index (χ0v) is 12.3. The summed E-state index contributed by atoms with van der Waals surface area (Å²) in [5, 5.41) is 12.5. The number of anilines is 1. The van der Waals surface area contributed by atoms with Crippen LogP contribution < -0.4 is 5.43 Å². The van der Waals surface area contributed by atoms with Crippen molar-refractivity contribution in [3.8, 4) is 11.3 Å². The van der Waals surface area contributed by atoms with Crippen LogP contribution in [0, 0.1) is 0 Å². The van der Waals surface area contributed by atoms with Crippen LogP contribution in [-0.2, 0) is 0 Å². The molecule has 1 aromatic heterocycles. The number of aromatic nitrogens is 3. The van der Waals surface area contributed by atoms with Gasteiger partial charge in [0.15, 0.2) is 0 Å². The first kappa shape index (κ1) is 14.2.